The van der Waals surface area contributed by atoms with Crippen LogP contribution in [0.5, 0.6) is 0 Å². The van der Waals surface area contributed by atoms with Gasteiger partial charge in [0.15, 0.2) is 6.29 Å². The third kappa shape index (κ3) is 5.86. The molecule has 0 aromatic rings. The van der Waals surface area contributed by atoms with Crippen molar-refractivity contribution in [2.75, 3.05) is 7.11 Å². The van der Waals surface area contributed by atoms with Gasteiger partial charge < -0.3 is 9.47 Å². The van der Waals surface area contributed by atoms with Crippen LogP contribution in [0.4, 0.5) is 0 Å². The number of methoxy groups -OCH3 is 1. The molecule has 0 aliphatic heterocycles. The molecule has 0 saturated heterocycles. The van der Waals surface area contributed by atoms with E-state index in [2.05, 4.69) is 41.5 Å². The second-order valence-corrected chi connectivity index (χ2v) is 5.67. The Balaban J connectivity index is 4.57. The quantitative estimate of drug-likeness (QED) is 0.609. The molecule has 16 heavy (non-hydrogen) atoms. The van der Waals surface area contributed by atoms with Crippen molar-refractivity contribution in [3.63, 3.8) is 0 Å². The molecule has 0 rings (SSSR count). The number of hydrogen-bond acceptors (Lipinski definition) is 2. The maximum atomic E-state index is 6.00. The van der Waals surface area contributed by atoms with E-state index >= 15 is 0 Å². The summed E-state index contributed by atoms with van der Waals surface area (Å²) in [5.41, 5.74) is -0.139. The third-order valence-corrected chi connectivity index (χ3v) is 3.05. The van der Waals surface area contributed by atoms with Crippen molar-refractivity contribution in [3.8, 4) is 0 Å². The third-order valence-electron chi connectivity index (χ3n) is 3.05. The highest BCUT2D eigenvalue weighted by molar-refractivity contribution is 4.72. The first kappa shape index (κ1) is 15.9. The zero-order valence-electron chi connectivity index (χ0n) is 12.2. The molecule has 0 bridgehead atoms. The predicted molar refractivity (Wildman–Crippen MR) is 69.5 cm³/mol. The van der Waals surface area contributed by atoms with E-state index in [-0.39, 0.29) is 11.9 Å². The van der Waals surface area contributed by atoms with Crippen LogP contribution in [0.2, 0.25) is 0 Å². The Morgan fingerprint density at radius 3 is 2.00 bits per heavy atom. The van der Waals surface area contributed by atoms with E-state index in [1.165, 1.54) is 19.3 Å². The molecule has 0 spiro atoms. The highest BCUT2D eigenvalue weighted by atomic mass is 16.7. The molecule has 0 N–H and O–H groups in total. The van der Waals surface area contributed by atoms with E-state index in [9.17, 15) is 0 Å². The van der Waals surface area contributed by atoms with Crippen molar-refractivity contribution >= 4 is 0 Å². The minimum atomic E-state index is -0.139. The SMILES string of the molecule is CCCC(C(C)CC)C(OC)OC(C)(C)C. The lowest BCUT2D eigenvalue weighted by Crippen LogP contribution is -2.37. The van der Waals surface area contributed by atoms with E-state index in [0.717, 1.165) is 0 Å². The average Bonchev–Trinajstić information content (AvgIpc) is 2.20. The van der Waals surface area contributed by atoms with Crippen LogP contribution in [0.25, 0.3) is 0 Å². The summed E-state index contributed by atoms with van der Waals surface area (Å²) in [4.78, 5) is 0. The van der Waals surface area contributed by atoms with Gasteiger partial charge in [-0.15, -0.1) is 0 Å². The van der Waals surface area contributed by atoms with Gasteiger partial charge in [-0.2, -0.15) is 0 Å². The van der Waals surface area contributed by atoms with Crippen molar-refractivity contribution in [2.45, 2.75) is 72.7 Å². The zero-order chi connectivity index (χ0) is 12.8. The fourth-order valence-corrected chi connectivity index (χ4v) is 1.98. The smallest absolute Gasteiger partial charge is 0.160 e. The molecule has 3 unspecified atom stereocenters. The Labute approximate surface area is 102 Å². The zero-order valence-corrected chi connectivity index (χ0v) is 12.2. The summed E-state index contributed by atoms with van der Waals surface area (Å²) >= 11 is 0. The first-order valence-electron chi connectivity index (χ1n) is 6.56. The maximum Gasteiger partial charge on any atom is 0.160 e. The fraction of sp³-hybridized carbons (Fsp3) is 1.00. The molecule has 0 aromatic carbocycles. The minimum absolute atomic E-state index is 0.0742. The van der Waals surface area contributed by atoms with Crippen molar-refractivity contribution in [1.82, 2.24) is 0 Å². The van der Waals surface area contributed by atoms with Gasteiger partial charge in [0.2, 0.25) is 0 Å². The Hall–Kier alpha value is -0.0800. The van der Waals surface area contributed by atoms with Crippen molar-refractivity contribution in [2.24, 2.45) is 11.8 Å². The molecule has 3 atom stereocenters. The molecule has 98 valence electrons. The minimum Gasteiger partial charge on any atom is -0.356 e. The van der Waals surface area contributed by atoms with Gasteiger partial charge in [-0.05, 0) is 33.1 Å². The highest BCUT2D eigenvalue weighted by Gasteiger charge is 2.29. The topological polar surface area (TPSA) is 18.5 Å². The van der Waals surface area contributed by atoms with E-state index < -0.39 is 0 Å². The van der Waals surface area contributed by atoms with E-state index in [4.69, 9.17) is 9.47 Å². The Morgan fingerprint density at radius 2 is 1.69 bits per heavy atom. The van der Waals surface area contributed by atoms with Crippen LogP contribution < -0.4 is 0 Å². The lowest BCUT2D eigenvalue weighted by molar-refractivity contribution is -0.216. The number of ether oxygens (including phenoxy) is 2. The van der Waals surface area contributed by atoms with Gasteiger partial charge in [0.05, 0.1) is 5.60 Å². The molecular weight excluding hydrogens is 200 g/mol. The average molecular weight is 230 g/mol. The fourth-order valence-electron chi connectivity index (χ4n) is 1.98. The van der Waals surface area contributed by atoms with Crippen LogP contribution in [-0.4, -0.2) is 19.0 Å². The maximum absolute atomic E-state index is 6.00. The lowest BCUT2D eigenvalue weighted by Gasteiger charge is -2.34. The van der Waals surface area contributed by atoms with Crippen LogP contribution >= 0.6 is 0 Å². The Morgan fingerprint density at radius 1 is 1.12 bits per heavy atom. The van der Waals surface area contributed by atoms with Crippen LogP contribution in [0.3, 0.4) is 0 Å². The summed E-state index contributed by atoms with van der Waals surface area (Å²) in [6, 6.07) is 0. The lowest BCUT2D eigenvalue weighted by atomic mass is 9.87. The number of rotatable bonds is 7. The Kier molecular flexibility index (Phi) is 7.25. The normalized spacial score (nSPS) is 18.2. The van der Waals surface area contributed by atoms with Crippen LogP contribution in [0.1, 0.15) is 60.8 Å². The van der Waals surface area contributed by atoms with Gasteiger partial charge in [0.25, 0.3) is 0 Å². The summed E-state index contributed by atoms with van der Waals surface area (Å²) in [5.74, 6) is 1.14. The van der Waals surface area contributed by atoms with Gasteiger partial charge >= 0.3 is 0 Å². The monoisotopic (exact) mass is 230 g/mol. The predicted octanol–water partition coefficient (Wildman–Crippen LogP) is 4.24. The second-order valence-electron chi connectivity index (χ2n) is 5.67. The van der Waals surface area contributed by atoms with Crippen LogP contribution in [0.15, 0.2) is 0 Å². The largest absolute Gasteiger partial charge is 0.356 e. The first-order chi connectivity index (χ1) is 7.35. The second kappa shape index (κ2) is 7.29. The summed E-state index contributed by atoms with van der Waals surface area (Å²) in [6.07, 6.45) is 3.46. The highest BCUT2D eigenvalue weighted by Crippen LogP contribution is 2.29. The van der Waals surface area contributed by atoms with E-state index in [1.807, 2.05) is 0 Å². The van der Waals surface area contributed by atoms with E-state index in [1.54, 1.807) is 7.11 Å². The molecule has 2 nitrogen and oxygen atoms in total. The van der Waals surface area contributed by atoms with Crippen LogP contribution in [0, 0.1) is 11.8 Å². The Bertz CT molecular complexity index is 172. The molecule has 0 fully saturated rings. The van der Waals surface area contributed by atoms with Crippen LogP contribution in [-0.2, 0) is 9.47 Å². The van der Waals surface area contributed by atoms with Gasteiger partial charge in [-0.25, -0.2) is 0 Å². The first-order valence-corrected chi connectivity index (χ1v) is 6.56. The summed E-state index contributed by atoms with van der Waals surface area (Å²) < 4.78 is 11.5. The van der Waals surface area contributed by atoms with Gasteiger partial charge in [0, 0.05) is 13.0 Å². The molecule has 0 aromatic heterocycles. The van der Waals surface area contributed by atoms with E-state index in [0.29, 0.717) is 11.8 Å². The molecule has 0 aliphatic carbocycles. The molecular formula is C14H30O2. The van der Waals surface area contributed by atoms with Crippen molar-refractivity contribution in [3.05, 3.63) is 0 Å². The number of hydrogen-bond donors (Lipinski definition) is 0. The molecule has 0 aliphatic rings. The van der Waals surface area contributed by atoms with Crippen molar-refractivity contribution in [1.29, 1.82) is 0 Å². The molecule has 0 amide bonds. The molecule has 0 radical (unpaired) electrons. The summed E-state index contributed by atoms with van der Waals surface area (Å²) in [7, 11) is 1.75. The van der Waals surface area contributed by atoms with Gasteiger partial charge in [-0.1, -0.05) is 33.6 Å². The summed E-state index contributed by atoms with van der Waals surface area (Å²) in [5, 5.41) is 0. The van der Waals surface area contributed by atoms with Gasteiger partial charge in [0.1, 0.15) is 0 Å². The van der Waals surface area contributed by atoms with Crippen molar-refractivity contribution < 1.29 is 9.47 Å². The standard InChI is InChI=1S/C14H30O2/c1-8-10-12(11(3)9-2)13(15-7)16-14(4,5)6/h11-13H,8-10H2,1-7H3. The summed E-state index contributed by atoms with van der Waals surface area (Å²) in [6.45, 7) is 13.0. The molecule has 2 heteroatoms. The van der Waals surface area contributed by atoms with Gasteiger partial charge in [-0.3, -0.25) is 0 Å². The molecule has 0 saturated carbocycles. The molecule has 0 heterocycles.